The molecule has 0 spiro atoms. The lowest BCUT2D eigenvalue weighted by Crippen LogP contribution is -2.50. The van der Waals surface area contributed by atoms with Gasteiger partial charge in [-0.3, -0.25) is 5.32 Å². The minimum absolute atomic E-state index is 0.244. The topological polar surface area (TPSA) is 39.1 Å². The van der Waals surface area contributed by atoms with Gasteiger partial charge in [-0.1, -0.05) is 40.0 Å². The van der Waals surface area contributed by atoms with Gasteiger partial charge in [-0.15, -0.1) is 0 Å². The molecule has 104 valence electrons. The molecule has 3 heteroatoms. The number of likely N-dealkylation sites (N-methyl/N-ethyl adjacent to an activating group) is 1. The van der Waals surface area contributed by atoms with Crippen molar-refractivity contribution >= 4 is 0 Å². The molecule has 0 aromatic rings. The fourth-order valence-electron chi connectivity index (χ4n) is 3.03. The first-order chi connectivity index (χ1) is 8.69. The van der Waals surface area contributed by atoms with E-state index in [0.29, 0.717) is 0 Å². The Morgan fingerprint density at radius 2 is 2.06 bits per heavy atom. The van der Waals surface area contributed by atoms with Crippen LogP contribution in [0.3, 0.4) is 0 Å². The summed E-state index contributed by atoms with van der Waals surface area (Å²) >= 11 is 0. The lowest BCUT2D eigenvalue weighted by atomic mass is 9.75. The molecule has 0 saturated heterocycles. The number of hydrogen-bond donors (Lipinski definition) is 1. The molecule has 0 bridgehead atoms. The van der Waals surface area contributed by atoms with E-state index in [1.807, 2.05) is 0 Å². The highest BCUT2D eigenvalue weighted by molar-refractivity contribution is 5.09. The molecule has 1 aliphatic rings. The van der Waals surface area contributed by atoms with Gasteiger partial charge in [-0.05, 0) is 31.8 Å². The van der Waals surface area contributed by atoms with Crippen LogP contribution in [0.2, 0.25) is 0 Å². The van der Waals surface area contributed by atoms with Crippen LogP contribution in [-0.4, -0.2) is 36.6 Å². The first-order valence-corrected chi connectivity index (χ1v) is 7.58. The Hall–Kier alpha value is -0.590. The van der Waals surface area contributed by atoms with Crippen molar-refractivity contribution in [2.75, 3.05) is 26.2 Å². The Kier molecular flexibility index (Phi) is 6.67. The third-order valence-corrected chi connectivity index (χ3v) is 4.43. The predicted octanol–water partition coefficient (Wildman–Crippen LogP) is 2.78. The van der Waals surface area contributed by atoms with Crippen LogP contribution in [0.4, 0.5) is 0 Å². The Labute approximate surface area is 113 Å². The third-order valence-electron chi connectivity index (χ3n) is 4.43. The zero-order chi connectivity index (χ0) is 13.4. The Balaban J connectivity index is 2.43. The number of nitrogens with zero attached hydrogens (tertiary/aromatic N) is 2. The molecule has 2 unspecified atom stereocenters. The van der Waals surface area contributed by atoms with E-state index >= 15 is 0 Å². The molecule has 0 aromatic heterocycles. The highest BCUT2D eigenvalue weighted by Crippen LogP contribution is 2.33. The van der Waals surface area contributed by atoms with Gasteiger partial charge < -0.3 is 4.90 Å². The zero-order valence-corrected chi connectivity index (χ0v) is 12.3. The van der Waals surface area contributed by atoms with E-state index in [1.165, 1.54) is 19.3 Å². The van der Waals surface area contributed by atoms with Crippen molar-refractivity contribution in [3.63, 3.8) is 0 Å². The van der Waals surface area contributed by atoms with Gasteiger partial charge in [-0.2, -0.15) is 5.26 Å². The Bertz CT molecular complexity index is 267. The molecule has 0 aromatic carbocycles. The normalized spacial score (nSPS) is 28.3. The maximum absolute atomic E-state index is 9.51. The monoisotopic (exact) mass is 251 g/mol. The van der Waals surface area contributed by atoms with E-state index in [1.54, 1.807) is 0 Å². The SMILES string of the molecule is CCC1CCCC(C#N)(NCCN(CC)CC)C1. The fraction of sp³-hybridized carbons (Fsp3) is 0.933. The molecule has 0 heterocycles. The van der Waals surface area contributed by atoms with Crippen LogP contribution in [0.15, 0.2) is 0 Å². The van der Waals surface area contributed by atoms with Gasteiger partial charge in [0.05, 0.1) is 6.07 Å². The summed E-state index contributed by atoms with van der Waals surface area (Å²) < 4.78 is 0. The van der Waals surface area contributed by atoms with Crippen LogP contribution >= 0.6 is 0 Å². The summed E-state index contributed by atoms with van der Waals surface area (Å²) in [5.41, 5.74) is -0.244. The summed E-state index contributed by atoms with van der Waals surface area (Å²) in [5, 5.41) is 13.1. The minimum atomic E-state index is -0.244. The van der Waals surface area contributed by atoms with Gasteiger partial charge in [-0.25, -0.2) is 0 Å². The number of nitriles is 1. The van der Waals surface area contributed by atoms with Crippen LogP contribution in [0.5, 0.6) is 0 Å². The zero-order valence-electron chi connectivity index (χ0n) is 12.3. The van der Waals surface area contributed by atoms with Crippen LogP contribution < -0.4 is 5.32 Å². The van der Waals surface area contributed by atoms with Gasteiger partial charge in [0.15, 0.2) is 0 Å². The van der Waals surface area contributed by atoms with Crippen LogP contribution in [-0.2, 0) is 0 Å². The highest BCUT2D eigenvalue weighted by Gasteiger charge is 2.35. The van der Waals surface area contributed by atoms with E-state index < -0.39 is 0 Å². The molecule has 0 radical (unpaired) electrons. The number of nitrogens with one attached hydrogen (secondary N) is 1. The summed E-state index contributed by atoms with van der Waals surface area (Å²) in [6.45, 7) is 10.8. The standard InChI is InChI=1S/C15H29N3/c1-4-14-8-7-9-15(12-14,13-16)17-10-11-18(5-2)6-3/h14,17H,4-12H2,1-3H3. The molecule has 3 nitrogen and oxygen atoms in total. The second kappa shape index (κ2) is 7.76. The first kappa shape index (κ1) is 15.5. The Morgan fingerprint density at radius 3 is 2.61 bits per heavy atom. The lowest BCUT2D eigenvalue weighted by Gasteiger charge is -2.36. The average molecular weight is 251 g/mol. The van der Waals surface area contributed by atoms with Gasteiger partial charge in [0.2, 0.25) is 0 Å². The molecule has 0 aliphatic heterocycles. The summed E-state index contributed by atoms with van der Waals surface area (Å²) in [5.74, 6) is 0.736. The van der Waals surface area contributed by atoms with Gasteiger partial charge >= 0.3 is 0 Å². The second-order valence-electron chi connectivity index (χ2n) is 5.52. The molecule has 18 heavy (non-hydrogen) atoms. The number of hydrogen-bond acceptors (Lipinski definition) is 3. The molecule has 0 amide bonds. The molecule has 1 fully saturated rings. The first-order valence-electron chi connectivity index (χ1n) is 7.58. The van der Waals surface area contributed by atoms with Crippen LogP contribution in [0.25, 0.3) is 0 Å². The van der Waals surface area contributed by atoms with Crippen LogP contribution in [0, 0.1) is 17.2 Å². The summed E-state index contributed by atoms with van der Waals surface area (Å²) in [7, 11) is 0. The summed E-state index contributed by atoms with van der Waals surface area (Å²) in [6, 6.07) is 2.56. The van der Waals surface area contributed by atoms with Crippen molar-refractivity contribution in [2.45, 2.75) is 58.4 Å². The largest absolute Gasteiger partial charge is 0.303 e. The van der Waals surface area contributed by atoms with Gasteiger partial charge in [0, 0.05) is 13.1 Å². The highest BCUT2D eigenvalue weighted by atomic mass is 15.1. The number of rotatable bonds is 7. The molecular formula is C15H29N3. The van der Waals surface area contributed by atoms with E-state index in [9.17, 15) is 5.26 Å². The van der Waals surface area contributed by atoms with Crippen molar-refractivity contribution in [2.24, 2.45) is 5.92 Å². The maximum atomic E-state index is 9.51. The van der Waals surface area contributed by atoms with Crippen molar-refractivity contribution in [3.05, 3.63) is 0 Å². The van der Waals surface area contributed by atoms with E-state index in [0.717, 1.165) is 44.9 Å². The van der Waals surface area contributed by atoms with Crippen molar-refractivity contribution in [1.29, 1.82) is 5.26 Å². The smallest absolute Gasteiger partial charge is 0.107 e. The Morgan fingerprint density at radius 1 is 1.33 bits per heavy atom. The molecule has 1 saturated carbocycles. The molecule has 1 aliphatic carbocycles. The molecule has 1 rings (SSSR count). The van der Waals surface area contributed by atoms with Gasteiger partial charge in [0.1, 0.15) is 5.54 Å². The van der Waals surface area contributed by atoms with E-state index in [-0.39, 0.29) is 5.54 Å². The molecular weight excluding hydrogens is 222 g/mol. The molecule has 2 atom stereocenters. The van der Waals surface area contributed by atoms with Crippen molar-refractivity contribution < 1.29 is 0 Å². The predicted molar refractivity (Wildman–Crippen MR) is 76.4 cm³/mol. The minimum Gasteiger partial charge on any atom is -0.303 e. The maximum Gasteiger partial charge on any atom is 0.107 e. The van der Waals surface area contributed by atoms with Crippen molar-refractivity contribution in [1.82, 2.24) is 10.2 Å². The quantitative estimate of drug-likeness (QED) is 0.756. The fourth-order valence-corrected chi connectivity index (χ4v) is 3.03. The van der Waals surface area contributed by atoms with Crippen LogP contribution in [0.1, 0.15) is 52.9 Å². The average Bonchev–Trinajstić information content (AvgIpc) is 2.44. The second-order valence-corrected chi connectivity index (χ2v) is 5.52. The van der Waals surface area contributed by atoms with E-state index in [2.05, 4.69) is 37.1 Å². The summed E-state index contributed by atoms with van der Waals surface area (Å²) in [6.07, 6.45) is 5.78. The third kappa shape index (κ3) is 4.26. The van der Waals surface area contributed by atoms with E-state index in [4.69, 9.17) is 0 Å². The summed E-state index contributed by atoms with van der Waals surface area (Å²) in [4.78, 5) is 2.40. The van der Waals surface area contributed by atoms with Gasteiger partial charge in [0.25, 0.3) is 0 Å². The lowest BCUT2D eigenvalue weighted by molar-refractivity contribution is 0.212. The van der Waals surface area contributed by atoms with Crippen molar-refractivity contribution in [3.8, 4) is 6.07 Å². The molecule has 1 N–H and O–H groups in total.